The molecule has 0 saturated carbocycles. The number of esters is 1. The molecule has 8 heteroatoms. The predicted molar refractivity (Wildman–Crippen MR) is 103 cm³/mol. The van der Waals surface area contributed by atoms with Gasteiger partial charge in [-0.3, -0.25) is 15.0 Å². The number of hydrazone groups is 1. The number of carbonyl (C=O) groups excluding carboxylic acids is 3. The molecule has 0 aliphatic carbocycles. The minimum absolute atomic E-state index is 0.134. The molecule has 4 rings (SSSR count). The van der Waals surface area contributed by atoms with E-state index in [1.165, 1.54) is 7.11 Å². The smallest absolute Gasteiger partial charge is 0.355 e. The molecule has 0 bridgehead atoms. The molecule has 0 spiro atoms. The molecular formula is C20H16ClN3O4. The lowest BCUT2D eigenvalue weighted by molar-refractivity contribution is -0.133. The second-order valence-corrected chi connectivity index (χ2v) is 7.10. The summed E-state index contributed by atoms with van der Waals surface area (Å²) in [5.74, 6) is -2.97. The molecular weight excluding hydrogens is 382 g/mol. The molecule has 1 saturated heterocycles. The van der Waals surface area contributed by atoms with E-state index >= 15 is 0 Å². The summed E-state index contributed by atoms with van der Waals surface area (Å²) >= 11 is 5.98. The molecule has 2 aliphatic rings. The number of fused-ring (bicyclic) bond motifs is 1. The molecule has 2 amide bonds. The minimum atomic E-state index is -1.53. The van der Waals surface area contributed by atoms with Crippen LogP contribution in [0.2, 0.25) is 5.02 Å². The first kappa shape index (κ1) is 18.2. The molecule has 2 atom stereocenters. The summed E-state index contributed by atoms with van der Waals surface area (Å²) < 4.78 is 4.77. The van der Waals surface area contributed by atoms with Gasteiger partial charge in [-0.25, -0.2) is 9.69 Å². The number of anilines is 1. The number of nitrogens with one attached hydrogen (secondary N) is 1. The third kappa shape index (κ3) is 2.43. The van der Waals surface area contributed by atoms with Crippen LogP contribution in [0.1, 0.15) is 11.1 Å². The van der Waals surface area contributed by atoms with Gasteiger partial charge in [0.05, 0.1) is 12.8 Å². The fourth-order valence-corrected chi connectivity index (χ4v) is 3.76. The summed E-state index contributed by atoms with van der Waals surface area (Å²) in [5, 5.41) is 4.48. The second kappa shape index (κ2) is 6.45. The number of amides is 2. The van der Waals surface area contributed by atoms with Crippen LogP contribution in [-0.2, 0) is 24.7 Å². The zero-order chi connectivity index (χ0) is 20.1. The highest BCUT2D eigenvalue weighted by Gasteiger charge is 2.67. The standard InChI is InChI=1S/C20H16ClN3O4/c1-11-3-9-14(10-4-11)24-17(25)15-16(18(26)28-2)22-23-20(15,19(24)27)12-5-7-13(21)8-6-12/h3-10,15,23H,1-2H3. The van der Waals surface area contributed by atoms with Gasteiger partial charge in [-0.1, -0.05) is 41.4 Å². The first-order valence-corrected chi connectivity index (χ1v) is 8.92. The third-order valence-corrected chi connectivity index (χ3v) is 5.31. The van der Waals surface area contributed by atoms with Crippen LogP contribution < -0.4 is 10.3 Å². The van der Waals surface area contributed by atoms with Crippen LogP contribution >= 0.6 is 11.6 Å². The highest BCUT2D eigenvalue weighted by molar-refractivity contribution is 6.47. The van der Waals surface area contributed by atoms with Crippen molar-refractivity contribution in [3.63, 3.8) is 0 Å². The van der Waals surface area contributed by atoms with Crippen molar-refractivity contribution in [1.29, 1.82) is 0 Å². The Labute approximate surface area is 165 Å². The van der Waals surface area contributed by atoms with Gasteiger partial charge in [0.15, 0.2) is 11.3 Å². The molecule has 2 aliphatic heterocycles. The maximum atomic E-state index is 13.5. The van der Waals surface area contributed by atoms with Gasteiger partial charge in [-0.05, 0) is 36.8 Å². The number of aryl methyl sites for hydroxylation is 1. The monoisotopic (exact) mass is 397 g/mol. The summed E-state index contributed by atoms with van der Waals surface area (Å²) in [6.45, 7) is 1.91. The van der Waals surface area contributed by atoms with Gasteiger partial charge in [0.1, 0.15) is 5.92 Å². The molecule has 2 unspecified atom stereocenters. The quantitative estimate of drug-likeness (QED) is 0.633. The zero-order valence-electron chi connectivity index (χ0n) is 15.1. The topological polar surface area (TPSA) is 88.1 Å². The van der Waals surface area contributed by atoms with E-state index in [1.807, 2.05) is 19.1 Å². The van der Waals surface area contributed by atoms with Crippen molar-refractivity contribution in [3.05, 3.63) is 64.7 Å². The van der Waals surface area contributed by atoms with Gasteiger partial charge in [-0.2, -0.15) is 5.10 Å². The molecule has 142 valence electrons. The van der Waals surface area contributed by atoms with E-state index in [0.29, 0.717) is 16.3 Å². The highest BCUT2D eigenvalue weighted by Crippen LogP contribution is 2.45. The number of nitrogens with zero attached hydrogens (tertiary/aromatic N) is 2. The van der Waals surface area contributed by atoms with Gasteiger partial charge in [0.25, 0.3) is 5.91 Å². The van der Waals surface area contributed by atoms with Crippen LogP contribution in [0.5, 0.6) is 0 Å². The first-order valence-electron chi connectivity index (χ1n) is 8.54. The summed E-state index contributed by atoms with van der Waals surface area (Å²) in [4.78, 5) is 40.2. The van der Waals surface area contributed by atoms with E-state index in [-0.39, 0.29) is 5.71 Å². The van der Waals surface area contributed by atoms with Crippen LogP contribution in [0.25, 0.3) is 0 Å². The van der Waals surface area contributed by atoms with Gasteiger partial charge in [0.2, 0.25) is 5.91 Å². The SMILES string of the molecule is COC(=O)C1=NNC2(c3ccc(Cl)cc3)C(=O)N(c3ccc(C)cc3)C(=O)C12. The summed E-state index contributed by atoms with van der Waals surface area (Å²) in [7, 11) is 1.20. The maximum absolute atomic E-state index is 13.5. The van der Waals surface area contributed by atoms with Gasteiger partial charge in [0, 0.05) is 5.02 Å². The van der Waals surface area contributed by atoms with Crippen LogP contribution in [0.3, 0.4) is 0 Å². The second-order valence-electron chi connectivity index (χ2n) is 6.66. The van der Waals surface area contributed by atoms with Crippen molar-refractivity contribution in [1.82, 2.24) is 5.43 Å². The van der Waals surface area contributed by atoms with Crippen LogP contribution in [0.15, 0.2) is 53.6 Å². The third-order valence-electron chi connectivity index (χ3n) is 5.05. The average Bonchev–Trinajstić information content (AvgIpc) is 3.19. The molecule has 7 nitrogen and oxygen atoms in total. The zero-order valence-corrected chi connectivity index (χ0v) is 15.9. The van der Waals surface area contributed by atoms with Gasteiger partial charge < -0.3 is 4.74 Å². The molecule has 0 radical (unpaired) electrons. The number of halogens is 1. The number of benzene rings is 2. The Kier molecular flexibility index (Phi) is 4.19. The Hall–Kier alpha value is -3.19. The summed E-state index contributed by atoms with van der Waals surface area (Å²) in [6, 6.07) is 13.5. The lowest BCUT2D eigenvalue weighted by Crippen LogP contribution is -2.48. The Morgan fingerprint density at radius 3 is 2.39 bits per heavy atom. The molecule has 0 aromatic heterocycles. The average molecular weight is 398 g/mol. The fourth-order valence-electron chi connectivity index (χ4n) is 3.64. The van der Waals surface area contributed by atoms with Crippen LogP contribution in [0.4, 0.5) is 5.69 Å². The summed E-state index contributed by atoms with van der Waals surface area (Å²) in [5.41, 5.74) is 2.99. The lowest BCUT2D eigenvalue weighted by Gasteiger charge is -2.26. The number of ether oxygens (including phenoxy) is 1. The van der Waals surface area contributed by atoms with E-state index in [9.17, 15) is 14.4 Å². The lowest BCUT2D eigenvalue weighted by atomic mass is 9.79. The van der Waals surface area contributed by atoms with E-state index in [0.717, 1.165) is 10.5 Å². The van der Waals surface area contributed by atoms with Gasteiger partial charge in [-0.15, -0.1) is 0 Å². The molecule has 28 heavy (non-hydrogen) atoms. The highest BCUT2D eigenvalue weighted by atomic mass is 35.5. The molecule has 1 fully saturated rings. The first-order chi connectivity index (χ1) is 13.4. The van der Waals surface area contributed by atoms with Crippen LogP contribution in [-0.4, -0.2) is 30.6 Å². The molecule has 2 heterocycles. The predicted octanol–water partition coefficient (Wildman–Crippen LogP) is 2.17. The van der Waals surface area contributed by atoms with Crippen molar-refractivity contribution in [2.75, 3.05) is 12.0 Å². The molecule has 1 N–H and O–H groups in total. The minimum Gasteiger partial charge on any atom is -0.464 e. The number of rotatable bonds is 3. The van der Waals surface area contributed by atoms with Crippen molar-refractivity contribution in [2.45, 2.75) is 12.5 Å². The number of imide groups is 1. The van der Waals surface area contributed by atoms with E-state index < -0.39 is 29.2 Å². The Morgan fingerprint density at radius 2 is 1.79 bits per heavy atom. The van der Waals surface area contributed by atoms with Crippen molar-refractivity contribution < 1.29 is 19.1 Å². The van der Waals surface area contributed by atoms with Crippen molar-refractivity contribution in [2.24, 2.45) is 11.0 Å². The maximum Gasteiger partial charge on any atom is 0.355 e. The van der Waals surface area contributed by atoms with Gasteiger partial charge >= 0.3 is 5.97 Å². The van der Waals surface area contributed by atoms with Crippen molar-refractivity contribution in [3.8, 4) is 0 Å². The number of carbonyl (C=O) groups is 3. The fraction of sp³-hybridized carbons (Fsp3) is 0.200. The number of hydrogen-bond acceptors (Lipinski definition) is 6. The number of hydrogen-bond donors (Lipinski definition) is 1. The number of methoxy groups -OCH3 is 1. The molecule has 2 aromatic rings. The van der Waals surface area contributed by atoms with E-state index in [1.54, 1.807) is 36.4 Å². The molecule has 2 aromatic carbocycles. The largest absolute Gasteiger partial charge is 0.464 e. The van der Waals surface area contributed by atoms with Crippen molar-refractivity contribution >= 4 is 40.8 Å². The van der Waals surface area contributed by atoms with Crippen LogP contribution in [0, 0.1) is 12.8 Å². The normalized spacial score (nSPS) is 23.3. The Bertz CT molecular complexity index is 1020. The summed E-state index contributed by atoms with van der Waals surface area (Å²) in [6.07, 6.45) is 0. The van der Waals surface area contributed by atoms with E-state index in [2.05, 4.69) is 10.5 Å². The van der Waals surface area contributed by atoms with E-state index in [4.69, 9.17) is 16.3 Å². The Morgan fingerprint density at radius 1 is 1.14 bits per heavy atom. The Balaban J connectivity index is 1.88.